The zero-order valence-corrected chi connectivity index (χ0v) is 21.3. The van der Waals surface area contributed by atoms with Gasteiger partial charge in [0.25, 0.3) is 0 Å². The topological polar surface area (TPSA) is 72.9 Å². The number of unbranched alkanes of at least 4 members (excludes halogenated alkanes) is 1. The molecule has 4 rings (SSSR count). The number of aromatic nitrogens is 2. The van der Waals surface area contributed by atoms with E-state index in [1.807, 2.05) is 73.8 Å². The van der Waals surface area contributed by atoms with E-state index in [-0.39, 0.29) is 0 Å². The van der Waals surface area contributed by atoms with E-state index in [2.05, 4.69) is 11.8 Å². The van der Waals surface area contributed by atoms with Crippen LogP contribution >= 0.6 is 0 Å². The Morgan fingerprint density at radius 3 is 2.56 bits per heavy atom. The SMILES string of the molecule is CCCC[C@@H](O)CN(Cc1ccco1)Cc1c(-c2ccccc2)nn(C)c1Oc1cccc(OC)c1. The molecule has 7 heteroatoms. The van der Waals surface area contributed by atoms with Crippen LogP contribution in [0, 0.1) is 0 Å². The first-order valence-electron chi connectivity index (χ1n) is 12.4. The Morgan fingerprint density at radius 1 is 1.03 bits per heavy atom. The summed E-state index contributed by atoms with van der Waals surface area (Å²) in [7, 11) is 3.52. The molecule has 2 heterocycles. The van der Waals surface area contributed by atoms with Crippen LogP contribution < -0.4 is 9.47 Å². The van der Waals surface area contributed by atoms with E-state index in [9.17, 15) is 5.11 Å². The fraction of sp³-hybridized carbons (Fsp3) is 0.345. The average Bonchev–Trinajstić information content (AvgIpc) is 3.51. The van der Waals surface area contributed by atoms with Crippen LogP contribution in [0.3, 0.4) is 0 Å². The van der Waals surface area contributed by atoms with Crippen molar-refractivity contribution in [3.8, 4) is 28.6 Å². The summed E-state index contributed by atoms with van der Waals surface area (Å²) in [6.07, 6.45) is 4.05. The minimum Gasteiger partial charge on any atom is -0.497 e. The first-order chi connectivity index (χ1) is 17.6. The summed E-state index contributed by atoms with van der Waals surface area (Å²) in [6, 6.07) is 21.5. The maximum Gasteiger partial charge on any atom is 0.222 e. The van der Waals surface area contributed by atoms with Crippen LogP contribution in [0.15, 0.2) is 77.4 Å². The van der Waals surface area contributed by atoms with E-state index in [0.717, 1.165) is 47.6 Å². The second-order valence-electron chi connectivity index (χ2n) is 8.95. The molecule has 0 radical (unpaired) electrons. The number of aliphatic hydroxyl groups excluding tert-OH is 1. The number of hydrogen-bond acceptors (Lipinski definition) is 6. The van der Waals surface area contributed by atoms with Gasteiger partial charge in [-0.3, -0.25) is 4.90 Å². The Bertz CT molecular complexity index is 1200. The smallest absolute Gasteiger partial charge is 0.222 e. The Morgan fingerprint density at radius 2 is 1.83 bits per heavy atom. The summed E-state index contributed by atoms with van der Waals surface area (Å²) in [5.41, 5.74) is 2.80. The van der Waals surface area contributed by atoms with Crippen molar-refractivity contribution in [1.29, 1.82) is 0 Å². The molecular formula is C29H35N3O4. The van der Waals surface area contributed by atoms with Crippen LogP contribution in [-0.4, -0.2) is 39.5 Å². The van der Waals surface area contributed by atoms with Gasteiger partial charge in [0.1, 0.15) is 23.0 Å². The number of rotatable bonds is 13. The summed E-state index contributed by atoms with van der Waals surface area (Å²) in [5, 5.41) is 15.6. The lowest BCUT2D eigenvalue weighted by Gasteiger charge is -2.25. The fourth-order valence-corrected chi connectivity index (χ4v) is 4.29. The highest BCUT2D eigenvalue weighted by molar-refractivity contribution is 5.65. The molecule has 1 N–H and O–H groups in total. The normalized spacial score (nSPS) is 12.1. The molecule has 0 saturated carbocycles. The molecular weight excluding hydrogens is 454 g/mol. The molecule has 2 aromatic heterocycles. The quantitative estimate of drug-likeness (QED) is 0.247. The van der Waals surface area contributed by atoms with Crippen LogP contribution in [0.4, 0.5) is 0 Å². The van der Waals surface area contributed by atoms with Crippen molar-refractivity contribution in [2.45, 2.75) is 45.4 Å². The summed E-state index contributed by atoms with van der Waals surface area (Å²) in [4.78, 5) is 2.20. The molecule has 0 saturated heterocycles. The minimum absolute atomic E-state index is 0.431. The molecule has 0 bridgehead atoms. The maximum absolute atomic E-state index is 10.8. The van der Waals surface area contributed by atoms with Crippen LogP contribution in [0.2, 0.25) is 0 Å². The number of ether oxygens (including phenoxy) is 2. The number of aryl methyl sites for hydroxylation is 1. The Labute approximate surface area is 212 Å². The van der Waals surface area contributed by atoms with E-state index in [1.165, 1.54) is 0 Å². The first kappa shape index (κ1) is 25.5. The molecule has 0 spiro atoms. The fourth-order valence-electron chi connectivity index (χ4n) is 4.29. The third-order valence-corrected chi connectivity index (χ3v) is 6.09. The van der Waals surface area contributed by atoms with Gasteiger partial charge in [0.2, 0.25) is 5.88 Å². The number of methoxy groups -OCH3 is 1. The predicted molar refractivity (Wildman–Crippen MR) is 140 cm³/mol. The van der Waals surface area contributed by atoms with Crippen LogP contribution in [0.5, 0.6) is 17.4 Å². The molecule has 0 aliphatic carbocycles. The summed E-state index contributed by atoms with van der Waals surface area (Å²) in [6.45, 7) is 3.75. The van der Waals surface area contributed by atoms with Gasteiger partial charge in [0.05, 0.1) is 31.6 Å². The highest BCUT2D eigenvalue weighted by Gasteiger charge is 2.24. The van der Waals surface area contributed by atoms with E-state index in [1.54, 1.807) is 18.1 Å². The standard InChI is InChI=1S/C29H35N3O4/c1-4-5-13-23(33)19-32(20-26-16-10-17-35-26)21-27-28(22-11-7-6-8-12-22)30-31(2)29(27)36-25-15-9-14-24(18-25)34-3/h6-12,14-18,23,33H,4-5,13,19-21H2,1-3H3/t23-/m1/s1. The van der Waals surface area contributed by atoms with Crippen LogP contribution in [-0.2, 0) is 20.1 Å². The van der Waals surface area contributed by atoms with E-state index >= 15 is 0 Å². The Kier molecular flexibility index (Phi) is 8.81. The number of aliphatic hydroxyl groups is 1. The van der Waals surface area contributed by atoms with Crippen LogP contribution in [0.25, 0.3) is 11.3 Å². The first-order valence-corrected chi connectivity index (χ1v) is 12.4. The largest absolute Gasteiger partial charge is 0.497 e. The third-order valence-electron chi connectivity index (χ3n) is 6.09. The second-order valence-corrected chi connectivity index (χ2v) is 8.95. The van der Waals surface area contributed by atoms with Gasteiger partial charge < -0.3 is 19.0 Å². The van der Waals surface area contributed by atoms with Gasteiger partial charge in [-0.2, -0.15) is 5.10 Å². The molecule has 190 valence electrons. The Balaban J connectivity index is 1.70. The van der Waals surface area contributed by atoms with Gasteiger partial charge in [-0.05, 0) is 30.7 Å². The molecule has 4 aromatic rings. The van der Waals surface area contributed by atoms with Crippen molar-refractivity contribution in [3.05, 3.63) is 84.3 Å². The van der Waals surface area contributed by atoms with Gasteiger partial charge >= 0.3 is 0 Å². The highest BCUT2D eigenvalue weighted by Crippen LogP contribution is 2.35. The average molecular weight is 490 g/mol. The number of furan rings is 1. The number of nitrogens with zero attached hydrogens (tertiary/aromatic N) is 3. The monoisotopic (exact) mass is 489 g/mol. The zero-order valence-electron chi connectivity index (χ0n) is 21.3. The summed E-state index contributed by atoms with van der Waals surface area (Å²) >= 11 is 0. The van der Waals surface area contributed by atoms with E-state index in [4.69, 9.17) is 19.0 Å². The van der Waals surface area contributed by atoms with Gasteiger partial charge in [-0.25, -0.2) is 4.68 Å². The highest BCUT2D eigenvalue weighted by atomic mass is 16.5. The van der Waals surface area contributed by atoms with Crippen molar-refractivity contribution >= 4 is 0 Å². The molecule has 2 aromatic carbocycles. The van der Waals surface area contributed by atoms with Gasteiger partial charge in [-0.15, -0.1) is 0 Å². The van der Waals surface area contributed by atoms with Gasteiger partial charge in [0.15, 0.2) is 0 Å². The van der Waals surface area contributed by atoms with E-state index in [0.29, 0.717) is 31.3 Å². The molecule has 36 heavy (non-hydrogen) atoms. The van der Waals surface area contributed by atoms with Crippen LogP contribution in [0.1, 0.15) is 37.5 Å². The summed E-state index contributed by atoms with van der Waals surface area (Å²) in [5.74, 6) is 2.88. The zero-order chi connectivity index (χ0) is 25.3. The molecule has 7 nitrogen and oxygen atoms in total. The lowest BCUT2D eigenvalue weighted by Crippen LogP contribution is -2.32. The van der Waals surface area contributed by atoms with E-state index < -0.39 is 6.10 Å². The third kappa shape index (κ3) is 6.56. The molecule has 0 amide bonds. The molecule has 1 atom stereocenters. The number of hydrogen-bond donors (Lipinski definition) is 1. The number of benzene rings is 2. The van der Waals surface area contributed by atoms with Crippen molar-refractivity contribution in [2.24, 2.45) is 7.05 Å². The molecule has 0 aliphatic heterocycles. The summed E-state index contributed by atoms with van der Waals surface area (Å²) < 4.78 is 19.2. The lowest BCUT2D eigenvalue weighted by atomic mass is 10.1. The van der Waals surface area contributed by atoms with Crippen molar-refractivity contribution in [3.63, 3.8) is 0 Å². The molecule has 0 unspecified atom stereocenters. The van der Waals surface area contributed by atoms with Gasteiger partial charge in [0, 0.05) is 31.8 Å². The van der Waals surface area contributed by atoms with Crippen molar-refractivity contribution in [1.82, 2.24) is 14.7 Å². The molecule has 0 aliphatic rings. The minimum atomic E-state index is -0.431. The maximum atomic E-state index is 10.8. The predicted octanol–water partition coefficient (Wildman–Crippen LogP) is 6.03. The Hall–Kier alpha value is -3.55. The molecule has 0 fully saturated rings. The second kappa shape index (κ2) is 12.4. The van der Waals surface area contributed by atoms with Gasteiger partial charge in [-0.1, -0.05) is 56.2 Å². The van der Waals surface area contributed by atoms with Crippen molar-refractivity contribution in [2.75, 3.05) is 13.7 Å². The lowest BCUT2D eigenvalue weighted by molar-refractivity contribution is 0.0917. The van der Waals surface area contributed by atoms with Crippen molar-refractivity contribution < 1.29 is 19.0 Å².